The van der Waals surface area contributed by atoms with Crippen molar-refractivity contribution in [2.24, 2.45) is 0 Å². The molecule has 0 spiro atoms. The number of fused-ring (bicyclic) bond motifs is 1. The molecule has 3 aromatic rings. The summed E-state index contributed by atoms with van der Waals surface area (Å²) in [5.74, 6) is 0.485. The third kappa shape index (κ3) is 4.39. The van der Waals surface area contributed by atoms with Crippen LogP contribution in [0.3, 0.4) is 0 Å². The van der Waals surface area contributed by atoms with Gasteiger partial charge in [0.2, 0.25) is 5.91 Å². The molecule has 0 radical (unpaired) electrons. The zero-order valence-corrected chi connectivity index (χ0v) is 16.6. The van der Waals surface area contributed by atoms with Crippen molar-refractivity contribution in [3.63, 3.8) is 0 Å². The fraction of sp³-hybridized carbons (Fsp3) is 0.333. The van der Waals surface area contributed by atoms with E-state index in [4.69, 9.17) is 0 Å². The molecule has 0 fully saturated rings. The molecule has 2 aromatic carbocycles. The average Bonchev–Trinajstić information content (AvgIpc) is 3.16. The molecule has 1 aliphatic rings. The van der Waals surface area contributed by atoms with Crippen LogP contribution in [0.1, 0.15) is 60.8 Å². The molecule has 4 rings (SSSR count). The number of imidazole rings is 1. The van der Waals surface area contributed by atoms with Gasteiger partial charge in [0.25, 0.3) is 0 Å². The number of aromatic nitrogens is 2. The van der Waals surface area contributed by atoms with Crippen LogP contribution in [0.15, 0.2) is 60.8 Å². The normalized spacial score (nSPS) is 16.8. The van der Waals surface area contributed by atoms with Gasteiger partial charge in [0.15, 0.2) is 0 Å². The Morgan fingerprint density at radius 3 is 2.86 bits per heavy atom. The number of aryl methyl sites for hydroxylation is 1. The maximum atomic E-state index is 14.0. The highest BCUT2D eigenvalue weighted by atomic mass is 19.1. The molecule has 4 nitrogen and oxygen atoms in total. The number of halogens is 1. The summed E-state index contributed by atoms with van der Waals surface area (Å²) >= 11 is 0. The summed E-state index contributed by atoms with van der Waals surface area (Å²) in [6.07, 6.45) is 5.29. The van der Waals surface area contributed by atoms with Crippen molar-refractivity contribution < 1.29 is 9.18 Å². The van der Waals surface area contributed by atoms with Gasteiger partial charge in [-0.1, -0.05) is 42.5 Å². The molecule has 29 heavy (non-hydrogen) atoms. The first kappa shape index (κ1) is 19.4. The zero-order chi connectivity index (χ0) is 20.2. The Balaban J connectivity index is 1.60. The van der Waals surface area contributed by atoms with E-state index in [1.807, 2.05) is 42.6 Å². The average molecular weight is 391 g/mol. The highest BCUT2D eigenvalue weighted by Gasteiger charge is 2.27. The van der Waals surface area contributed by atoms with Crippen molar-refractivity contribution in [3.8, 4) is 0 Å². The summed E-state index contributed by atoms with van der Waals surface area (Å²) in [5, 5.41) is 3.00. The van der Waals surface area contributed by atoms with Gasteiger partial charge in [-0.25, -0.2) is 9.37 Å². The minimum absolute atomic E-state index is 0.0536. The molecule has 1 aromatic heterocycles. The van der Waals surface area contributed by atoms with Gasteiger partial charge in [-0.2, -0.15) is 0 Å². The van der Waals surface area contributed by atoms with E-state index in [1.165, 1.54) is 12.1 Å². The van der Waals surface area contributed by atoms with Crippen molar-refractivity contribution in [3.05, 3.63) is 89.3 Å². The molecular formula is C24H26FN3O. The van der Waals surface area contributed by atoms with Gasteiger partial charge in [0.05, 0.1) is 0 Å². The molecule has 0 bridgehead atoms. The molecule has 150 valence electrons. The number of hydrogen-bond acceptors (Lipinski definition) is 2. The number of rotatable bonds is 6. The van der Waals surface area contributed by atoms with Gasteiger partial charge in [-0.3, -0.25) is 4.79 Å². The van der Waals surface area contributed by atoms with Crippen molar-refractivity contribution >= 4 is 5.91 Å². The molecule has 1 aliphatic heterocycles. The number of nitrogens with one attached hydrogen (secondary N) is 1. The van der Waals surface area contributed by atoms with Crippen LogP contribution in [0.4, 0.5) is 4.39 Å². The van der Waals surface area contributed by atoms with Crippen LogP contribution in [-0.2, 0) is 17.8 Å². The summed E-state index contributed by atoms with van der Waals surface area (Å²) in [4.78, 5) is 17.4. The number of benzene rings is 2. The lowest BCUT2D eigenvalue weighted by Gasteiger charge is -2.27. The molecule has 2 heterocycles. The summed E-state index contributed by atoms with van der Waals surface area (Å²) in [7, 11) is 0. The molecule has 0 aliphatic carbocycles. The van der Waals surface area contributed by atoms with Gasteiger partial charge < -0.3 is 9.88 Å². The maximum Gasteiger partial charge on any atom is 0.221 e. The molecule has 0 saturated carbocycles. The third-order valence-electron chi connectivity index (χ3n) is 5.70. The first-order valence-electron chi connectivity index (χ1n) is 10.2. The van der Waals surface area contributed by atoms with Gasteiger partial charge >= 0.3 is 0 Å². The second kappa shape index (κ2) is 8.60. The van der Waals surface area contributed by atoms with Crippen molar-refractivity contribution in [2.45, 2.75) is 51.1 Å². The van der Waals surface area contributed by atoms with Crippen LogP contribution in [0, 0.1) is 5.82 Å². The van der Waals surface area contributed by atoms with Crippen LogP contribution in [0.5, 0.6) is 0 Å². The highest BCUT2D eigenvalue weighted by molar-refractivity contribution is 5.77. The minimum atomic E-state index is -0.288. The second-order valence-electron chi connectivity index (χ2n) is 7.78. The van der Waals surface area contributed by atoms with Gasteiger partial charge in [0, 0.05) is 43.2 Å². The molecule has 5 heteroatoms. The second-order valence-corrected chi connectivity index (χ2v) is 7.78. The molecule has 1 amide bonds. The Kier molecular flexibility index (Phi) is 5.74. The number of carbonyl (C=O) groups excluding carboxylic acids is 1. The van der Waals surface area contributed by atoms with E-state index in [0.29, 0.717) is 12.6 Å². The predicted molar refractivity (Wildman–Crippen MR) is 111 cm³/mol. The lowest BCUT2D eigenvalue weighted by atomic mass is 9.91. The maximum absolute atomic E-state index is 14.0. The number of carbonyl (C=O) groups is 1. The Hall–Kier alpha value is -2.95. The molecule has 2 atom stereocenters. The third-order valence-corrected chi connectivity index (χ3v) is 5.70. The van der Waals surface area contributed by atoms with E-state index in [1.54, 1.807) is 6.07 Å². The SMILES string of the molecule is C[C@H]1CCCc2ncc([C@@H](CC(=O)NCc3ccccc3)c3cccc(F)c3)n21. The first-order valence-corrected chi connectivity index (χ1v) is 10.2. The van der Waals surface area contributed by atoms with E-state index in [0.717, 1.165) is 41.9 Å². The van der Waals surface area contributed by atoms with E-state index in [2.05, 4.69) is 21.8 Å². The van der Waals surface area contributed by atoms with Crippen LogP contribution in [0.2, 0.25) is 0 Å². The van der Waals surface area contributed by atoms with E-state index < -0.39 is 0 Å². The van der Waals surface area contributed by atoms with Crippen LogP contribution in [0.25, 0.3) is 0 Å². The summed E-state index contributed by atoms with van der Waals surface area (Å²) in [6, 6.07) is 16.7. The summed E-state index contributed by atoms with van der Waals surface area (Å²) < 4.78 is 16.2. The lowest BCUT2D eigenvalue weighted by molar-refractivity contribution is -0.121. The number of nitrogens with zero attached hydrogens (tertiary/aromatic N) is 2. The van der Waals surface area contributed by atoms with Gasteiger partial charge in [-0.15, -0.1) is 0 Å². The number of hydrogen-bond donors (Lipinski definition) is 1. The Morgan fingerprint density at radius 2 is 2.07 bits per heavy atom. The Morgan fingerprint density at radius 1 is 1.24 bits per heavy atom. The standard InChI is InChI=1S/C24H26FN3O/c1-17-7-5-12-23-26-16-22(28(17)23)21(19-10-6-11-20(25)13-19)14-24(29)27-15-18-8-3-2-4-9-18/h2-4,6,8-11,13,16-17,21H,5,7,12,14-15H2,1H3,(H,27,29)/t17-,21-/m0/s1. The van der Waals surface area contributed by atoms with E-state index >= 15 is 0 Å². The Labute approximate surface area is 170 Å². The Bertz CT molecular complexity index is 983. The summed E-state index contributed by atoms with van der Waals surface area (Å²) in [5.41, 5.74) is 2.85. The van der Waals surface area contributed by atoms with Crippen LogP contribution < -0.4 is 5.32 Å². The fourth-order valence-corrected chi connectivity index (χ4v) is 4.22. The van der Waals surface area contributed by atoms with E-state index in [-0.39, 0.29) is 24.1 Å². The highest BCUT2D eigenvalue weighted by Crippen LogP contribution is 2.34. The van der Waals surface area contributed by atoms with Crippen LogP contribution in [-0.4, -0.2) is 15.5 Å². The molecule has 0 unspecified atom stereocenters. The molecule has 0 saturated heterocycles. The molecular weight excluding hydrogens is 365 g/mol. The largest absolute Gasteiger partial charge is 0.352 e. The minimum Gasteiger partial charge on any atom is -0.352 e. The monoisotopic (exact) mass is 391 g/mol. The summed E-state index contributed by atoms with van der Waals surface area (Å²) in [6.45, 7) is 2.67. The quantitative estimate of drug-likeness (QED) is 0.659. The van der Waals surface area contributed by atoms with Crippen LogP contribution >= 0.6 is 0 Å². The van der Waals surface area contributed by atoms with E-state index in [9.17, 15) is 9.18 Å². The van der Waals surface area contributed by atoms with Gasteiger partial charge in [0.1, 0.15) is 11.6 Å². The smallest absolute Gasteiger partial charge is 0.221 e. The molecule has 1 N–H and O–H groups in total. The van der Waals surface area contributed by atoms with Crippen molar-refractivity contribution in [1.82, 2.24) is 14.9 Å². The zero-order valence-electron chi connectivity index (χ0n) is 16.6. The lowest BCUT2D eigenvalue weighted by Crippen LogP contribution is -2.26. The van der Waals surface area contributed by atoms with Gasteiger partial charge in [-0.05, 0) is 43.0 Å². The first-order chi connectivity index (χ1) is 14.1. The fourth-order valence-electron chi connectivity index (χ4n) is 4.22. The van der Waals surface area contributed by atoms with Crippen molar-refractivity contribution in [2.75, 3.05) is 0 Å². The predicted octanol–water partition coefficient (Wildman–Crippen LogP) is 4.76. The number of amides is 1. The van der Waals surface area contributed by atoms with Crippen molar-refractivity contribution in [1.29, 1.82) is 0 Å². The topological polar surface area (TPSA) is 46.9 Å².